The molecule has 2 aliphatic rings. The van der Waals surface area contributed by atoms with E-state index in [1.807, 2.05) is 4.90 Å². The number of carboxylic acid groups (broad SMARTS) is 1. The van der Waals surface area contributed by atoms with E-state index in [1.54, 1.807) is 11.8 Å². The van der Waals surface area contributed by atoms with E-state index in [1.165, 1.54) is 0 Å². The van der Waals surface area contributed by atoms with Crippen molar-refractivity contribution in [1.29, 1.82) is 0 Å². The van der Waals surface area contributed by atoms with Gasteiger partial charge in [-0.25, -0.2) is 8.42 Å². The molecule has 2 heterocycles. The lowest BCUT2D eigenvalue weighted by Gasteiger charge is -2.34. The highest BCUT2D eigenvalue weighted by molar-refractivity contribution is 7.99. The topological polar surface area (TPSA) is 104 Å². The fraction of sp³-hybridized carbons (Fsp3) is 0.833. The molecule has 1 amide bonds. The maximum Gasteiger partial charge on any atom is 0.304 e. The Morgan fingerprint density at radius 3 is 2.76 bits per heavy atom. The van der Waals surface area contributed by atoms with Gasteiger partial charge in [-0.2, -0.15) is 11.8 Å². The van der Waals surface area contributed by atoms with Crippen LogP contribution in [0.3, 0.4) is 0 Å². The van der Waals surface area contributed by atoms with Gasteiger partial charge in [0.1, 0.15) is 0 Å². The summed E-state index contributed by atoms with van der Waals surface area (Å²) in [7, 11) is -3.01. The van der Waals surface area contributed by atoms with Crippen LogP contribution in [0.15, 0.2) is 0 Å². The van der Waals surface area contributed by atoms with Crippen LogP contribution in [0.2, 0.25) is 0 Å². The Kier molecular flexibility index (Phi) is 5.50. The molecule has 7 nitrogen and oxygen atoms in total. The van der Waals surface area contributed by atoms with Crippen LogP contribution in [-0.2, 0) is 19.4 Å². The average Bonchev–Trinajstić information content (AvgIpc) is 2.70. The minimum Gasteiger partial charge on any atom is -0.481 e. The van der Waals surface area contributed by atoms with Crippen molar-refractivity contribution in [3.05, 3.63) is 0 Å². The highest BCUT2D eigenvalue weighted by Gasteiger charge is 2.31. The zero-order chi connectivity index (χ0) is 15.5. The van der Waals surface area contributed by atoms with Crippen molar-refractivity contribution in [2.45, 2.75) is 24.9 Å². The Morgan fingerprint density at radius 1 is 1.38 bits per heavy atom. The minimum absolute atomic E-state index is 0.00709. The van der Waals surface area contributed by atoms with E-state index in [0.29, 0.717) is 18.7 Å². The molecule has 2 rings (SSSR count). The summed E-state index contributed by atoms with van der Waals surface area (Å²) in [5, 5.41) is 11.6. The standard InChI is InChI=1S/C12H20N2O5S2/c15-11(13-9-1-4-21(18,19)8-9)6-14-2-3-20-7-10(14)5-12(16)17/h9-10H,1-8H2,(H,13,15)(H,16,17). The van der Waals surface area contributed by atoms with Crippen molar-refractivity contribution in [1.82, 2.24) is 10.2 Å². The van der Waals surface area contributed by atoms with Crippen molar-refractivity contribution in [2.75, 3.05) is 36.1 Å². The smallest absolute Gasteiger partial charge is 0.304 e. The minimum atomic E-state index is -3.01. The van der Waals surface area contributed by atoms with Crippen LogP contribution in [0, 0.1) is 0 Å². The van der Waals surface area contributed by atoms with E-state index >= 15 is 0 Å². The van der Waals surface area contributed by atoms with Crippen LogP contribution in [0.1, 0.15) is 12.8 Å². The van der Waals surface area contributed by atoms with Gasteiger partial charge in [0.25, 0.3) is 0 Å². The normalized spacial score (nSPS) is 29.1. The first-order valence-electron chi connectivity index (χ1n) is 6.89. The fourth-order valence-electron chi connectivity index (χ4n) is 2.65. The predicted molar refractivity (Wildman–Crippen MR) is 80.1 cm³/mol. The summed E-state index contributed by atoms with van der Waals surface area (Å²) in [6.45, 7) is 0.814. The number of nitrogens with one attached hydrogen (secondary N) is 1. The van der Waals surface area contributed by atoms with E-state index in [4.69, 9.17) is 5.11 Å². The van der Waals surface area contributed by atoms with Crippen LogP contribution >= 0.6 is 11.8 Å². The molecule has 0 aromatic rings. The number of amides is 1. The van der Waals surface area contributed by atoms with Gasteiger partial charge in [0.2, 0.25) is 5.91 Å². The van der Waals surface area contributed by atoms with Crippen molar-refractivity contribution in [3.63, 3.8) is 0 Å². The first kappa shape index (κ1) is 16.6. The third-order valence-electron chi connectivity index (χ3n) is 3.70. The first-order chi connectivity index (χ1) is 9.85. The number of carbonyl (C=O) groups excluding carboxylic acids is 1. The highest BCUT2D eigenvalue weighted by atomic mass is 32.2. The van der Waals surface area contributed by atoms with Crippen molar-refractivity contribution >= 4 is 33.5 Å². The Morgan fingerprint density at radius 2 is 2.14 bits per heavy atom. The quantitative estimate of drug-likeness (QED) is 0.676. The number of thioether (sulfide) groups is 1. The van der Waals surface area contributed by atoms with E-state index in [-0.39, 0.29) is 42.5 Å². The molecular formula is C12H20N2O5S2. The number of nitrogens with zero attached hydrogens (tertiary/aromatic N) is 1. The van der Waals surface area contributed by atoms with Gasteiger partial charge < -0.3 is 10.4 Å². The molecule has 2 saturated heterocycles. The second kappa shape index (κ2) is 6.97. The van der Waals surface area contributed by atoms with Crippen molar-refractivity contribution < 1.29 is 23.1 Å². The van der Waals surface area contributed by atoms with Crippen LogP contribution < -0.4 is 5.32 Å². The van der Waals surface area contributed by atoms with Gasteiger partial charge in [-0.3, -0.25) is 14.5 Å². The van der Waals surface area contributed by atoms with Crippen LogP contribution in [0.25, 0.3) is 0 Å². The van der Waals surface area contributed by atoms with E-state index in [0.717, 1.165) is 5.75 Å². The summed E-state index contributed by atoms with van der Waals surface area (Å²) in [5.41, 5.74) is 0. The number of carbonyl (C=O) groups is 2. The van der Waals surface area contributed by atoms with Gasteiger partial charge in [0.15, 0.2) is 9.84 Å². The number of carboxylic acids is 1. The van der Waals surface area contributed by atoms with Gasteiger partial charge >= 0.3 is 5.97 Å². The molecule has 2 N–H and O–H groups in total. The predicted octanol–water partition coefficient (Wildman–Crippen LogP) is -0.818. The number of rotatable bonds is 5. The number of aliphatic carboxylic acids is 1. The zero-order valence-corrected chi connectivity index (χ0v) is 13.3. The molecule has 0 aliphatic carbocycles. The summed E-state index contributed by atoms with van der Waals surface area (Å²) < 4.78 is 22.7. The van der Waals surface area contributed by atoms with Gasteiger partial charge in [0, 0.05) is 30.1 Å². The largest absolute Gasteiger partial charge is 0.481 e. The molecule has 0 aromatic heterocycles. The van der Waals surface area contributed by atoms with E-state index in [9.17, 15) is 18.0 Å². The lowest BCUT2D eigenvalue weighted by molar-refractivity contribution is -0.138. The number of hydrogen-bond donors (Lipinski definition) is 2. The maximum absolute atomic E-state index is 12.0. The second-order valence-corrected chi connectivity index (χ2v) is 8.84. The van der Waals surface area contributed by atoms with Crippen LogP contribution in [-0.4, -0.2) is 78.5 Å². The molecule has 0 aromatic carbocycles. The molecule has 2 fully saturated rings. The first-order valence-corrected chi connectivity index (χ1v) is 9.87. The second-order valence-electron chi connectivity index (χ2n) is 5.46. The molecule has 9 heteroatoms. The Labute approximate surface area is 128 Å². The van der Waals surface area contributed by atoms with Crippen LogP contribution in [0.5, 0.6) is 0 Å². The molecule has 0 bridgehead atoms. The monoisotopic (exact) mass is 336 g/mol. The van der Waals surface area contributed by atoms with Gasteiger partial charge in [-0.1, -0.05) is 0 Å². The summed E-state index contributed by atoms with van der Waals surface area (Å²) in [4.78, 5) is 24.7. The van der Waals surface area contributed by atoms with E-state index < -0.39 is 15.8 Å². The zero-order valence-electron chi connectivity index (χ0n) is 11.7. The molecule has 120 valence electrons. The summed E-state index contributed by atoms with van der Waals surface area (Å²) in [6, 6.07) is -0.445. The SMILES string of the molecule is O=C(O)CC1CSCCN1CC(=O)NC1CCS(=O)(=O)C1. The van der Waals surface area contributed by atoms with Crippen molar-refractivity contribution in [2.24, 2.45) is 0 Å². The highest BCUT2D eigenvalue weighted by Crippen LogP contribution is 2.19. The summed E-state index contributed by atoms with van der Waals surface area (Å²) in [5.74, 6) is 0.625. The molecule has 2 unspecified atom stereocenters. The van der Waals surface area contributed by atoms with Crippen LogP contribution in [0.4, 0.5) is 0 Å². The summed E-state index contributed by atoms with van der Waals surface area (Å²) >= 11 is 1.69. The molecule has 2 aliphatic heterocycles. The van der Waals surface area contributed by atoms with E-state index in [2.05, 4.69) is 5.32 Å². The molecule has 0 spiro atoms. The lowest BCUT2D eigenvalue weighted by Crippen LogP contribution is -2.49. The average molecular weight is 336 g/mol. The molecule has 21 heavy (non-hydrogen) atoms. The Hall–Kier alpha value is -0.800. The molecule has 0 saturated carbocycles. The maximum atomic E-state index is 12.0. The molecule has 0 radical (unpaired) electrons. The van der Waals surface area contributed by atoms with Crippen molar-refractivity contribution in [3.8, 4) is 0 Å². The number of hydrogen-bond acceptors (Lipinski definition) is 6. The molecule has 2 atom stereocenters. The Balaban J connectivity index is 1.84. The third-order valence-corrected chi connectivity index (χ3v) is 6.56. The van der Waals surface area contributed by atoms with Gasteiger partial charge in [0.05, 0.1) is 24.5 Å². The molecular weight excluding hydrogens is 316 g/mol. The number of sulfone groups is 1. The van der Waals surface area contributed by atoms with Gasteiger partial charge in [-0.15, -0.1) is 0 Å². The lowest BCUT2D eigenvalue weighted by atomic mass is 10.2. The summed E-state index contributed by atoms with van der Waals surface area (Å²) in [6.07, 6.45) is 0.487. The third kappa shape index (κ3) is 5.15. The van der Waals surface area contributed by atoms with Gasteiger partial charge in [-0.05, 0) is 6.42 Å². The Bertz CT molecular complexity index is 508. The fourth-order valence-corrected chi connectivity index (χ4v) is 5.46.